The van der Waals surface area contributed by atoms with Gasteiger partial charge in [0, 0.05) is 56.4 Å². The lowest BCUT2D eigenvalue weighted by atomic mass is 9.99. The number of carbonyl (C=O) groups is 1. The predicted molar refractivity (Wildman–Crippen MR) is 120 cm³/mol. The highest BCUT2D eigenvalue weighted by atomic mass is 35.5. The molecule has 164 valence electrons. The van der Waals surface area contributed by atoms with Crippen molar-refractivity contribution in [2.75, 3.05) is 45.8 Å². The first kappa shape index (κ1) is 21.8. The van der Waals surface area contributed by atoms with E-state index in [1.807, 2.05) is 17.0 Å². The van der Waals surface area contributed by atoms with Crippen molar-refractivity contribution in [3.63, 3.8) is 0 Å². The van der Waals surface area contributed by atoms with Gasteiger partial charge in [-0.15, -0.1) is 0 Å². The number of piperazine rings is 1. The lowest BCUT2D eigenvalue weighted by molar-refractivity contribution is -0.134. The molecular formula is C24H27ClFN3O2. The summed E-state index contributed by atoms with van der Waals surface area (Å²) in [4.78, 5) is 19.0. The minimum Gasteiger partial charge on any atom is -0.508 e. The predicted octanol–water partition coefficient (Wildman–Crippen LogP) is 3.62. The molecule has 1 N–H and O–H groups in total. The average Bonchev–Trinajstić information content (AvgIpc) is 2.78. The van der Waals surface area contributed by atoms with Crippen molar-refractivity contribution in [1.29, 1.82) is 0 Å². The smallest absolute Gasteiger partial charge is 0.236 e. The second kappa shape index (κ2) is 9.81. The van der Waals surface area contributed by atoms with Crippen LogP contribution in [0.25, 0.3) is 5.57 Å². The van der Waals surface area contributed by atoms with Crippen LogP contribution in [0.2, 0.25) is 5.02 Å². The van der Waals surface area contributed by atoms with Crippen molar-refractivity contribution in [1.82, 2.24) is 14.7 Å². The Morgan fingerprint density at radius 1 is 1.00 bits per heavy atom. The number of aromatic hydroxyl groups is 1. The molecule has 0 unspecified atom stereocenters. The van der Waals surface area contributed by atoms with Gasteiger partial charge in [0.05, 0.1) is 6.54 Å². The minimum atomic E-state index is -0.282. The van der Waals surface area contributed by atoms with Crippen LogP contribution in [0, 0.1) is 5.82 Å². The number of benzene rings is 2. The first-order valence-corrected chi connectivity index (χ1v) is 11.0. The fraction of sp³-hybridized carbons (Fsp3) is 0.375. The topological polar surface area (TPSA) is 47.0 Å². The molecule has 0 atom stereocenters. The quantitative estimate of drug-likeness (QED) is 0.766. The Hall–Kier alpha value is -2.41. The third-order valence-electron chi connectivity index (χ3n) is 6.06. The third-order valence-corrected chi connectivity index (χ3v) is 6.41. The second-order valence-corrected chi connectivity index (χ2v) is 8.53. The number of carbonyl (C=O) groups excluding carboxylic acids is 1. The number of nitrogens with zero attached hydrogens (tertiary/aromatic N) is 3. The summed E-state index contributed by atoms with van der Waals surface area (Å²) >= 11 is 6.14. The van der Waals surface area contributed by atoms with E-state index in [0.717, 1.165) is 25.1 Å². The maximum absolute atomic E-state index is 14.0. The van der Waals surface area contributed by atoms with Gasteiger partial charge >= 0.3 is 0 Å². The maximum atomic E-state index is 14.0. The van der Waals surface area contributed by atoms with Crippen LogP contribution in [-0.4, -0.2) is 71.5 Å². The van der Waals surface area contributed by atoms with Gasteiger partial charge in [-0.1, -0.05) is 35.9 Å². The number of phenolic OH excluding ortho intramolecular Hbond substituents is 1. The van der Waals surface area contributed by atoms with E-state index >= 15 is 0 Å². The lowest BCUT2D eigenvalue weighted by Gasteiger charge is -2.36. The average molecular weight is 444 g/mol. The van der Waals surface area contributed by atoms with E-state index in [9.17, 15) is 14.3 Å². The molecule has 0 aliphatic carbocycles. The Balaban J connectivity index is 1.25. The molecule has 0 bridgehead atoms. The maximum Gasteiger partial charge on any atom is 0.236 e. The van der Waals surface area contributed by atoms with Crippen LogP contribution in [-0.2, 0) is 11.3 Å². The van der Waals surface area contributed by atoms with Gasteiger partial charge in [0.2, 0.25) is 5.91 Å². The van der Waals surface area contributed by atoms with Crippen LogP contribution in [0.5, 0.6) is 5.75 Å². The van der Waals surface area contributed by atoms with Crippen molar-refractivity contribution in [2.45, 2.75) is 13.0 Å². The fourth-order valence-corrected chi connectivity index (χ4v) is 4.37. The molecule has 4 rings (SSSR count). The standard InChI is InChI=1S/C24H27ClFN3O2/c25-22-2-1-3-23(26)21(22)16-28-12-14-29(15-13-28)24(31)17-27-10-8-19(9-11-27)18-4-6-20(30)7-5-18/h1-8,30H,9-17H2. The van der Waals surface area contributed by atoms with Crippen LogP contribution in [0.15, 0.2) is 48.5 Å². The van der Waals surface area contributed by atoms with Gasteiger partial charge < -0.3 is 10.0 Å². The summed E-state index contributed by atoms with van der Waals surface area (Å²) in [6, 6.07) is 12.0. The lowest BCUT2D eigenvalue weighted by Crippen LogP contribution is -2.51. The second-order valence-electron chi connectivity index (χ2n) is 8.12. The van der Waals surface area contributed by atoms with Crippen molar-refractivity contribution < 1.29 is 14.3 Å². The summed E-state index contributed by atoms with van der Waals surface area (Å²) in [5.41, 5.74) is 2.90. The van der Waals surface area contributed by atoms with Crippen LogP contribution in [0.1, 0.15) is 17.5 Å². The molecule has 1 amide bonds. The fourth-order valence-electron chi connectivity index (χ4n) is 4.15. The van der Waals surface area contributed by atoms with E-state index in [4.69, 9.17) is 11.6 Å². The van der Waals surface area contributed by atoms with Crippen molar-refractivity contribution in [3.8, 4) is 5.75 Å². The van der Waals surface area contributed by atoms with Gasteiger partial charge in [0.25, 0.3) is 0 Å². The largest absolute Gasteiger partial charge is 0.508 e. The molecule has 0 saturated carbocycles. The summed E-state index contributed by atoms with van der Waals surface area (Å²) < 4.78 is 14.0. The molecule has 5 nitrogen and oxygen atoms in total. The highest BCUT2D eigenvalue weighted by Crippen LogP contribution is 2.24. The van der Waals surface area contributed by atoms with Crippen LogP contribution in [0.3, 0.4) is 0 Å². The molecule has 31 heavy (non-hydrogen) atoms. The van der Waals surface area contributed by atoms with Crippen molar-refractivity contribution in [2.24, 2.45) is 0 Å². The summed E-state index contributed by atoms with van der Waals surface area (Å²) in [6.07, 6.45) is 3.05. The molecule has 2 aliphatic heterocycles. The molecule has 0 radical (unpaired) electrons. The molecule has 2 aromatic carbocycles. The normalized spacial score (nSPS) is 18.1. The summed E-state index contributed by atoms with van der Waals surface area (Å²) in [5, 5.41) is 9.89. The van der Waals surface area contributed by atoms with Gasteiger partial charge in [0.1, 0.15) is 11.6 Å². The number of rotatable bonds is 5. The number of hydrogen-bond donors (Lipinski definition) is 1. The zero-order chi connectivity index (χ0) is 21.8. The van der Waals surface area contributed by atoms with Gasteiger partial charge in [0.15, 0.2) is 0 Å². The van der Waals surface area contributed by atoms with E-state index in [2.05, 4.69) is 15.9 Å². The molecule has 0 spiro atoms. The van der Waals surface area contributed by atoms with E-state index < -0.39 is 0 Å². The molecule has 2 heterocycles. The summed E-state index contributed by atoms with van der Waals surface area (Å²) in [6.45, 7) is 5.17. The Morgan fingerprint density at radius 2 is 1.74 bits per heavy atom. The highest BCUT2D eigenvalue weighted by Gasteiger charge is 2.24. The first-order valence-electron chi connectivity index (χ1n) is 10.6. The van der Waals surface area contributed by atoms with Gasteiger partial charge in [-0.25, -0.2) is 4.39 Å². The summed E-state index contributed by atoms with van der Waals surface area (Å²) in [5.74, 6) is 0.130. The van der Waals surface area contributed by atoms with E-state index in [-0.39, 0.29) is 17.5 Å². The Kier molecular flexibility index (Phi) is 6.90. The molecule has 0 aromatic heterocycles. The van der Waals surface area contributed by atoms with Gasteiger partial charge in [-0.2, -0.15) is 0 Å². The molecule has 2 aromatic rings. The summed E-state index contributed by atoms with van der Waals surface area (Å²) in [7, 11) is 0. The zero-order valence-corrected chi connectivity index (χ0v) is 18.2. The number of amides is 1. The van der Waals surface area contributed by atoms with Crippen molar-refractivity contribution >= 4 is 23.1 Å². The first-order chi connectivity index (χ1) is 15.0. The SMILES string of the molecule is O=C(CN1CC=C(c2ccc(O)cc2)CC1)N1CCN(Cc2c(F)cccc2Cl)CC1. The molecule has 2 aliphatic rings. The van der Waals surface area contributed by atoms with Gasteiger partial charge in [-0.3, -0.25) is 14.6 Å². The monoisotopic (exact) mass is 443 g/mol. The van der Waals surface area contributed by atoms with E-state index in [0.29, 0.717) is 49.9 Å². The number of phenols is 1. The van der Waals surface area contributed by atoms with E-state index in [1.165, 1.54) is 11.6 Å². The molecule has 1 fully saturated rings. The van der Waals surface area contributed by atoms with Crippen LogP contribution >= 0.6 is 11.6 Å². The van der Waals surface area contributed by atoms with Crippen LogP contribution in [0.4, 0.5) is 4.39 Å². The Labute approximate surface area is 187 Å². The molecular weight excluding hydrogens is 417 g/mol. The van der Waals surface area contributed by atoms with Crippen molar-refractivity contribution in [3.05, 3.63) is 70.5 Å². The molecule has 1 saturated heterocycles. The Bertz CT molecular complexity index is 936. The van der Waals surface area contributed by atoms with Gasteiger partial charge in [-0.05, 0) is 41.8 Å². The van der Waals surface area contributed by atoms with E-state index in [1.54, 1.807) is 24.3 Å². The molecule has 7 heteroatoms. The zero-order valence-electron chi connectivity index (χ0n) is 17.4. The van der Waals surface area contributed by atoms with Crippen LogP contribution < -0.4 is 0 Å². The number of halogens is 2. The minimum absolute atomic E-state index is 0.144. The Morgan fingerprint density at radius 3 is 2.39 bits per heavy atom. The third kappa shape index (κ3) is 5.45. The number of hydrogen-bond acceptors (Lipinski definition) is 4. The highest BCUT2D eigenvalue weighted by molar-refractivity contribution is 6.31.